The van der Waals surface area contributed by atoms with Gasteiger partial charge in [-0.3, -0.25) is 0 Å². The standard InChI is InChI=1S/C10H11F3N2O2/c1-5(2)17-9(16)8-7(14)3-6(4-15-8)10(11,12)13/h3-5H,14H2,1-2H3. The zero-order chi connectivity index (χ0) is 13.2. The third-order valence-electron chi connectivity index (χ3n) is 1.78. The molecule has 0 fully saturated rings. The van der Waals surface area contributed by atoms with E-state index in [-0.39, 0.29) is 11.4 Å². The van der Waals surface area contributed by atoms with Gasteiger partial charge in [0.1, 0.15) is 0 Å². The summed E-state index contributed by atoms with van der Waals surface area (Å²) in [6.07, 6.45) is -4.39. The van der Waals surface area contributed by atoms with Gasteiger partial charge in [0.2, 0.25) is 0 Å². The van der Waals surface area contributed by atoms with Crippen LogP contribution < -0.4 is 5.73 Å². The monoisotopic (exact) mass is 248 g/mol. The van der Waals surface area contributed by atoms with E-state index in [1.165, 1.54) is 0 Å². The zero-order valence-electron chi connectivity index (χ0n) is 9.21. The van der Waals surface area contributed by atoms with Gasteiger partial charge in [0, 0.05) is 6.20 Å². The number of carbonyl (C=O) groups excluding carboxylic acids is 1. The highest BCUT2D eigenvalue weighted by molar-refractivity contribution is 5.92. The Hall–Kier alpha value is -1.79. The molecule has 2 N–H and O–H groups in total. The molecule has 7 heteroatoms. The van der Waals surface area contributed by atoms with E-state index in [1.807, 2.05) is 0 Å². The van der Waals surface area contributed by atoms with Crippen LogP contribution in [-0.2, 0) is 10.9 Å². The summed E-state index contributed by atoms with van der Waals surface area (Å²) in [5.41, 5.74) is 3.66. The summed E-state index contributed by atoms with van der Waals surface area (Å²) in [6, 6.07) is 0.657. The van der Waals surface area contributed by atoms with Crippen LogP contribution in [0.3, 0.4) is 0 Å². The average Bonchev–Trinajstić information content (AvgIpc) is 2.14. The lowest BCUT2D eigenvalue weighted by atomic mass is 10.2. The molecule has 0 unspecified atom stereocenters. The van der Waals surface area contributed by atoms with Gasteiger partial charge in [-0.05, 0) is 19.9 Å². The molecule has 0 bridgehead atoms. The number of halogens is 3. The molecule has 1 aromatic heterocycles. The largest absolute Gasteiger partial charge is 0.458 e. The maximum Gasteiger partial charge on any atom is 0.417 e. The third kappa shape index (κ3) is 3.33. The van der Waals surface area contributed by atoms with Crippen molar-refractivity contribution in [1.82, 2.24) is 4.98 Å². The van der Waals surface area contributed by atoms with Crippen LogP contribution in [-0.4, -0.2) is 17.1 Å². The molecule has 1 aromatic rings. The van der Waals surface area contributed by atoms with Crippen molar-refractivity contribution in [3.63, 3.8) is 0 Å². The van der Waals surface area contributed by atoms with E-state index in [0.717, 1.165) is 0 Å². The molecule has 0 aliphatic rings. The number of anilines is 1. The first kappa shape index (κ1) is 13.3. The van der Waals surface area contributed by atoms with Crippen molar-refractivity contribution in [2.45, 2.75) is 26.1 Å². The Morgan fingerprint density at radius 2 is 2.06 bits per heavy atom. The number of nitrogens with two attached hydrogens (primary N) is 1. The normalized spacial score (nSPS) is 11.6. The number of alkyl halides is 3. The second kappa shape index (κ2) is 4.60. The summed E-state index contributed by atoms with van der Waals surface area (Å²) in [5.74, 6) is -0.841. The number of rotatable bonds is 2. The molecule has 4 nitrogen and oxygen atoms in total. The lowest BCUT2D eigenvalue weighted by Gasteiger charge is -2.11. The van der Waals surface area contributed by atoms with Crippen LogP contribution in [0.1, 0.15) is 29.9 Å². The van der Waals surface area contributed by atoms with Gasteiger partial charge in [-0.15, -0.1) is 0 Å². The molecular formula is C10H11F3N2O2. The zero-order valence-corrected chi connectivity index (χ0v) is 9.21. The second-order valence-electron chi connectivity index (χ2n) is 3.61. The number of aromatic nitrogens is 1. The lowest BCUT2D eigenvalue weighted by molar-refractivity contribution is -0.137. The first-order valence-corrected chi connectivity index (χ1v) is 4.75. The van der Waals surface area contributed by atoms with Gasteiger partial charge in [0.15, 0.2) is 5.69 Å². The quantitative estimate of drug-likeness (QED) is 0.815. The highest BCUT2D eigenvalue weighted by Gasteiger charge is 2.32. The minimum Gasteiger partial charge on any atom is -0.458 e. The summed E-state index contributed by atoms with van der Waals surface area (Å²) < 4.78 is 41.7. The maximum absolute atomic E-state index is 12.3. The van der Waals surface area contributed by atoms with Crippen molar-refractivity contribution in [3.05, 3.63) is 23.5 Å². The van der Waals surface area contributed by atoms with Crippen LogP contribution in [0.15, 0.2) is 12.3 Å². The molecule has 0 amide bonds. The number of pyridine rings is 1. The molecular weight excluding hydrogens is 237 g/mol. The summed E-state index contributed by atoms with van der Waals surface area (Å²) >= 11 is 0. The molecule has 0 radical (unpaired) electrons. The van der Waals surface area contributed by atoms with Crippen LogP contribution in [0, 0.1) is 0 Å². The van der Waals surface area contributed by atoms with Crippen molar-refractivity contribution < 1.29 is 22.7 Å². The number of nitrogens with zero attached hydrogens (tertiary/aromatic N) is 1. The highest BCUT2D eigenvalue weighted by Crippen LogP contribution is 2.30. The topological polar surface area (TPSA) is 65.2 Å². The molecule has 0 aliphatic heterocycles. The predicted octanol–water partition coefficient (Wildman–Crippen LogP) is 2.25. The Morgan fingerprint density at radius 1 is 1.47 bits per heavy atom. The fourth-order valence-corrected chi connectivity index (χ4v) is 1.08. The van der Waals surface area contributed by atoms with Gasteiger partial charge in [-0.1, -0.05) is 0 Å². The van der Waals surface area contributed by atoms with Crippen molar-refractivity contribution in [2.24, 2.45) is 0 Å². The fourth-order valence-electron chi connectivity index (χ4n) is 1.08. The van der Waals surface area contributed by atoms with Crippen LogP contribution in [0.25, 0.3) is 0 Å². The first-order chi connectivity index (χ1) is 7.71. The second-order valence-corrected chi connectivity index (χ2v) is 3.61. The Bertz CT molecular complexity index is 430. The number of ether oxygens (including phenoxy) is 1. The molecule has 0 saturated carbocycles. The first-order valence-electron chi connectivity index (χ1n) is 4.75. The van der Waals surface area contributed by atoms with E-state index in [2.05, 4.69) is 4.98 Å². The predicted molar refractivity (Wildman–Crippen MR) is 54.2 cm³/mol. The number of esters is 1. The smallest absolute Gasteiger partial charge is 0.417 e. The number of hydrogen-bond acceptors (Lipinski definition) is 4. The van der Waals surface area contributed by atoms with Gasteiger partial charge in [-0.25, -0.2) is 9.78 Å². The van der Waals surface area contributed by atoms with Crippen molar-refractivity contribution in [2.75, 3.05) is 5.73 Å². The SMILES string of the molecule is CC(C)OC(=O)c1ncc(C(F)(F)F)cc1N. The molecule has 94 valence electrons. The summed E-state index contributed by atoms with van der Waals surface area (Å²) in [7, 11) is 0. The highest BCUT2D eigenvalue weighted by atomic mass is 19.4. The molecule has 1 rings (SSSR count). The van der Waals surface area contributed by atoms with Crippen LogP contribution >= 0.6 is 0 Å². The number of carbonyl (C=O) groups is 1. The van der Waals surface area contributed by atoms with Crippen molar-refractivity contribution >= 4 is 11.7 Å². The van der Waals surface area contributed by atoms with Crippen LogP contribution in [0.5, 0.6) is 0 Å². The van der Waals surface area contributed by atoms with Crippen molar-refractivity contribution in [3.8, 4) is 0 Å². The Kier molecular flexibility index (Phi) is 3.59. The van der Waals surface area contributed by atoms with Gasteiger partial charge < -0.3 is 10.5 Å². The molecule has 1 heterocycles. The third-order valence-corrected chi connectivity index (χ3v) is 1.78. The van der Waals surface area contributed by atoms with Gasteiger partial charge >= 0.3 is 12.1 Å². The number of hydrogen-bond donors (Lipinski definition) is 1. The maximum atomic E-state index is 12.3. The van der Waals surface area contributed by atoms with Gasteiger partial charge in [0.05, 0.1) is 17.4 Å². The minimum absolute atomic E-state index is 0.313. The van der Waals surface area contributed by atoms with Gasteiger partial charge in [-0.2, -0.15) is 13.2 Å². The molecule has 0 aliphatic carbocycles. The molecule has 0 aromatic carbocycles. The molecule has 0 saturated heterocycles. The van der Waals surface area contributed by atoms with E-state index in [9.17, 15) is 18.0 Å². The van der Waals surface area contributed by atoms with E-state index < -0.39 is 23.8 Å². The summed E-state index contributed by atoms with van der Waals surface area (Å²) in [4.78, 5) is 14.8. The Labute approximate surface area is 95.6 Å². The molecule has 17 heavy (non-hydrogen) atoms. The fraction of sp³-hybridized carbons (Fsp3) is 0.400. The molecule has 0 atom stereocenters. The van der Waals surface area contributed by atoms with Crippen molar-refractivity contribution in [1.29, 1.82) is 0 Å². The molecule has 0 spiro atoms. The van der Waals surface area contributed by atoms with E-state index in [4.69, 9.17) is 10.5 Å². The minimum atomic E-state index is -4.54. The van der Waals surface area contributed by atoms with E-state index in [0.29, 0.717) is 12.3 Å². The van der Waals surface area contributed by atoms with E-state index in [1.54, 1.807) is 13.8 Å². The Morgan fingerprint density at radius 3 is 2.47 bits per heavy atom. The van der Waals surface area contributed by atoms with Crippen LogP contribution in [0.4, 0.5) is 18.9 Å². The summed E-state index contributed by atoms with van der Waals surface area (Å²) in [5, 5.41) is 0. The number of nitrogen functional groups attached to an aromatic ring is 1. The Balaban J connectivity index is 3.02. The average molecular weight is 248 g/mol. The van der Waals surface area contributed by atoms with Crippen LogP contribution in [0.2, 0.25) is 0 Å². The summed E-state index contributed by atoms with van der Waals surface area (Å²) in [6.45, 7) is 3.22. The van der Waals surface area contributed by atoms with E-state index >= 15 is 0 Å². The lowest BCUT2D eigenvalue weighted by Crippen LogP contribution is -2.16. The van der Waals surface area contributed by atoms with Gasteiger partial charge in [0.25, 0.3) is 0 Å².